The zero-order valence-electron chi connectivity index (χ0n) is 16.3. The van der Waals surface area contributed by atoms with Gasteiger partial charge in [-0.05, 0) is 49.3 Å². The number of sulfonamides is 1. The van der Waals surface area contributed by atoms with Crippen LogP contribution in [-0.4, -0.2) is 56.4 Å². The second-order valence-electron chi connectivity index (χ2n) is 7.48. The first-order chi connectivity index (χ1) is 14.3. The number of piperidine rings is 1. The number of rotatable bonds is 4. The molecular weight excluding hydrogens is 406 g/mol. The van der Waals surface area contributed by atoms with E-state index in [0.29, 0.717) is 5.69 Å². The molecule has 9 nitrogen and oxygen atoms in total. The second kappa shape index (κ2) is 7.94. The van der Waals surface area contributed by atoms with Gasteiger partial charge in [-0.25, -0.2) is 8.42 Å². The highest BCUT2D eigenvalue weighted by Crippen LogP contribution is 2.25. The summed E-state index contributed by atoms with van der Waals surface area (Å²) in [7, 11) is -3.56. The average Bonchev–Trinajstić information content (AvgIpc) is 2.73. The SMILES string of the molecule is NC(=O)C1CCN(c2ccc(NC(=O)C3=CC=CN4CCS(=O)(=O)N=C34)cc2)CC1. The number of amides is 2. The third-order valence-electron chi connectivity index (χ3n) is 5.49. The fourth-order valence-corrected chi connectivity index (χ4v) is 4.76. The molecule has 3 aliphatic rings. The summed E-state index contributed by atoms with van der Waals surface area (Å²) in [6, 6.07) is 7.40. The zero-order chi connectivity index (χ0) is 21.3. The van der Waals surface area contributed by atoms with Crippen LogP contribution >= 0.6 is 0 Å². The maximum absolute atomic E-state index is 12.8. The van der Waals surface area contributed by atoms with Crippen LogP contribution in [0.1, 0.15) is 12.8 Å². The van der Waals surface area contributed by atoms with Crippen LogP contribution in [-0.2, 0) is 19.6 Å². The molecular formula is C20H23N5O4S. The highest BCUT2D eigenvalue weighted by molar-refractivity contribution is 7.90. The molecule has 30 heavy (non-hydrogen) atoms. The van der Waals surface area contributed by atoms with Crippen molar-refractivity contribution < 1.29 is 18.0 Å². The number of carbonyl (C=O) groups is 2. The summed E-state index contributed by atoms with van der Waals surface area (Å²) in [4.78, 5) is 27.9. The molecule has 0 aliphatic carbocycles. The van der Waals surface area contributed by atoms with Gasteiger partial charge < -0.3 is 20.9 Å². The van der Waals surface area contributed by atoms with Gasteiger partial charge >= 0.3 is 0 Å². The van der Waals surface area contributed by atoms with Gasteiger partial charge in [-0.1, -0.05) is 0 Å². The summed E-state index contributed by atoms with van der Waals surface area (Å²) in [6.45, 7) is 1.77. The van der Waals surface area contributed by atoms with Crippen molar-refractivity contribution in [2.24, 2.45) is 16.0 Å². The number of carbonyl (C=O) groups excluding carboxylic acids is 2. The Hall–Kier alpha value is -3.14. The van der Waals surface area contributed by atoms with Gasteiger partial charge in [0.25, 0.3) is 15.9 Å². The largest absolute Gasteiger partial charge is 0.371 e. The van der Waals surface area contributed by atoms with E-state index in [0.717, 1.165) is 31.6 Å². The Balaban J connectivity index is 1.43. The fourth-order valence-electron chi connectivity index (χ4n) is 3.77. The highest BCUT2D eigenvalue weighted by atomic mass is 32.2. The van der Waals surface area contributed by atoms with Crippen LogP contribution in [0.15, 0.2) is 52.6 Å². The molecule has 1 fully saturated rings. The maximum Gasteiger partial charge on any atom is 0.259 e. The minimum atomic E-state index is -3.56. The van der Waals surface area contributed by atoms with Crippen molar-refractivity contribution in [3.05, 3.63) is 48.2 Å². The first kappa shape index (κ1) is 20.1. The number of primary amides is 1. The van der Waals surface area contributed by atoms with Crippen molar-refractivity contribution in [3.63, 3.8) is 0 Å². The minimum absolute atomic E-state index is 0.0660. The molecule has 0 saturated carbocycles. The standard InChI is InChI=1S/C20H23N5O4S/c21-18(26)14-7-10-24(11-8-14)16-5-3-15(4-6-16)22-20(27)17-2-1-9-25-12-13-30(28,29)23-19(17)25/h1-6,9,14H,7-8,10-13H2,(H2,21,26)(H,22,27). The third kappa shape index (κ3) is 4.23. The molecule has 2 amide bonds. The molecule has 0 unspecified atom stereocenters. The van der Waals surface area contributed by atoms with E-state index in [4.69, 9.17) is 5.73 Å². The number of allylic oxidation sites excluding steroid dienone is 2. The fraction of sp³-hybridized carbons (Fsp3) is 0.350. The van der Waals surface area contributed by atoms with Crippen LogP contribution in [0, 0.1) is 5.92 Å². The van der Waals surface area contributed by atoms with Gasteiger partial charge in [-0.3, -0.25) is 9.59 Å². The van der Waals surface area contributed by atoms with E-state index in [-0.39, 0.29) is 35.5 Å². The van der Waals surface area contributed by atoms with E-state index in [1.807, 2.05) is 12.1 Å². The summed E-state index contributed by atoms with van der Waals surface area (Å²) < 4.78 is 27.5. The Labute approximate surface area is 175 Å². The van der Waals surface area contributed by atoms with Crippen molar-refractivity contribution >= 4 is 39.0 Å². The number of benzene rings is 1. The molecule has 1 aromatic rings. The molecule has 3 aliphatic heterocycles. The molecule has 1 saturated heterocycles. The molecule has 0 spiro atoms. The number of amidine groups is 1. The van der Waals surface area contributed by atoms with Crippen LogP contribution in [0.25, 0.3) is 0 Å². The summed E-state index contributed by atoms with van der Waals surface area (Å²) in [5.41, 5.74) is 7.19. The number of nitrogens with one attached hydrogen (secondary N) is 1. The number of hydrogen-bond donors (Lipinski definition) is 2. The minimum Gasteiger partial charge on any atom is -0.371 e. The van der Waals surface area contributed by atoms with E-state index in [2.05, 4.69) is 14.6 Å². The van der Waals surface area contributed by atoms with Gasteiger partial charge in [0.2, 0.25) is 5.91 Å². The van der Waals surface area contributed by atoms with Crippen LogP contribution in [0.4, 0.5) is 11.4 Å². The molecule has 3 N–H and O–H groups in total. The first-order valence-electron chi connectivity index (χ1n) is 9.76. The van der Waals surface area contributed by atoms with Crippen molar-refractivity contribution in [3.8, 4) is 0 Å². The van der Waals surface area contributed by atoms with Crippen molar-refractivity contribution in [2.75, 3.05) is 35.6 Å². The molecule has 3 heterocycles. The lowest BCUT2D eigenvalue weighted by Crippen LogP contribution is -2.40. The van der Waals surface area contributed by atoms with Gasteiger partial charge in [0.05, 0.1) is 11.3 Å². The maximum atomic E-state index is 12.8. The van der Waals surface area contributed by atoms with E-state index in [1.54, 1.807) is 35.4 Å². The van der Waals surface area contributed by atoms with E-state index in [1.165, 1.54) is 0 Å². The Morgan fingerprint density at radius 1 is 1.10 bits per heavy atom. The van der Waals surface area contributed by atoms with E-state index >= 15 is 0 Å². The van der Waals surface area contributed by atoms with Crippen LogP contribution in [0.2, 0.25) is 0 Å². The predicted octanol–water partition coefficient (Wildman–Crippen LogP) is 0.824. The number of anilines is 2. The molecule has 10 heteroatoms. The molecule has 158 valence electrons. The van der Waals surface area contributed by atoms with Gasteiger partial charge in [0, 0.05) is 43.1 Å². The highest BCUT2D eigenvalue weighted by Gasteiger charge is 2.30. The van der Waals surface area contributed by atoms with Gasteiger partial charge in [0.1, 0.15) is 0 Å². The molecule has 1 aromatic carbocycles. The Kier molecular flexibility index (Phi) is 5.33. The molecule has 0 atom stereocenters. The zero-order valence-corrected chi connectivity index (χ0v) is 17.1. The lowest BCUT2D eigenvalue weighted by molar-refractivity contribution is -0.122. The molecule has 0 bridgehead atoms. The number of fused-ring (bicyclic) bond motifs is 1. The Morgan fingerprint density at radius 3 is 2.47 bits per heavy atom. The van der Waals surface area contributed by atoms with Crippen LogP contribution in [0.3, 0.4) is 0 Å². The summed E-state index contributed by atoms with van der Waals surface area (Å²) in [5.74, 6) is -0.656. The van der Waals surface area contributed by atoms with Crippen molar-refractivity contribution in [2.45, 2.75) is 12.8 Å². The van der Waals surface area contributed by atoms with Gasteiger partial charge in [-0.15, -0.1) is 4.40 Å². The number of nitrogens with zero attached hydrogens (tertiary/aromatic N) is 3. The lowest BCUT2D eigenvalue weighted by Gasteiger charge is -2.32. The van der Waals surface area contributed by atoms with Gasteiger partial charge in [-0.2, -0.15) is 0 Å². The van der Waals surface area contributed by atoms with Crippen molar-refractivity contribution in [1.29, 1.82) is 0 Å². The summed E-state index contributed by atoms with van der Waals surface area (Å²) >= 11 is 0. The van der Waals surface area contributed by atoms with Crippen LogP contribution in [0.5, 0.6) is 0 Å². The average molecular weight is 430 g/mol. The third-order valence-corrected chi connectivity index (χ3v) is 6.64. The molecule has 0 aromatic heterocycles. The lowest BCUT2D eigenvalue weighted by atomic mass is 9.96. The summed E-state index contributed by atoms with van der Waals surface area (Å²) in [5, 5.41) is 2.80. The normalized spacial score (nSPS) is 20.8. The Bertz CT molecular complexity index is 1050. The number of nitrogens with two attached hydrogens (primary N) is 1. The van der Waals surface area contributed by atoms with Crippen LogP contribution < -0.4 is 16.0 Å². The molecule has 4 rings (SSSR count). The van der Waals surface area contributed by atoms with Gasteiger partial charge in [0.15, 0.2) is 5.84 Å². The molecule has 0 radical (unpaired) electrons. The quantitative estimate of drug-likeness (QED) is 0.730. The smallest absolute Gasteiger partial charge is 0.259 e. The van der Waals surface area contributed by atoms with E-state index < -0.39 is 15.9 Å². The first-order valence-corrected chi connectivity index (χ1v) is 11.4. The Morgan fingerprint density at radius 2 is 1.80 bits per heavy atom. The summed E-state index contributed by atoms with van der Waals surface area (Å²) in [6.07, 6.45) is 6.43. The topological polar surface area (TPSA) is 125 Å². The monoisotopic (exact) mass is 429 g/mol. The predicted molar refractivity (Wildman–Crippen MR) is 114 cm³/mol. The van der Waals surface area contributed by atoms with Crippen molar-refractivity contribution in [1.82, 2.24) is 4.90 Å². The number of hydrogen-bond acceptors (Lipinski definition) is 6. The second-order valence-corrected chi connectivity index (χ2v) is 9.24. The van der Waals surface area contributed by atoms with E-state index in [9.17, 15) is 18.0 Å².